The van der Waals surface area contributed by atoms with Gasteiger partial charge in [-0.25, -0.2) is 0 Å². The van der Waals surface area contributed by atoms with Crippen molar-refractivity contribution in [2.45, 2.75) is 31.9 Å². The van der Waals surface area contributed by atoms with Crippen LogP contribution in [-0.2, 0) is 11.3 Å². The second-order valence-corrected chi connectivity index (χ2v) is 5.63. The molecule has 1 aliphatic rings. The Kier molecular flexibility index (Phi) is 5.58. The van der Waals surface area contributed by atoms with E-state index in [1.54, 1.807) is 12.1 Å². The van der Waals surface area contributed by atoms with Crippen molar-refractivity contribution in [3.05, 3.63) is 32.8 Å². The molecule has 1 N–H and O–H groups in total. The summed E-state index contributed by atoms with van der Waals surface area (Å²) in [4.78, 5) is 0. The van der Waals surface area contributed by atoms with Crippen LogP contribution in [0.2, 0.25) is 15.1 Å². The van der Waals surface area contributed by atoms with Crippen LogP contribution in [0.15, 0.2) is 12.1 Å². The Labute approximate surface area is 123 Å². The van der Waals surface area contributed by atoms with E-state index in [1.165, 1.54) is 12.8 Å². The van der Waals surface area contributed by atoms with E-state index in [1.807, 2.05) is 0 Å². The van der Waals surface area contributed by atoms with Gasteiger partial charge in [0.15, 0.2) is 0 Å². The first-order valence-electron chi connectivity index (χ1n) is 6.13. The van der Waals surface area contributed by atoms with E-state index in [0.29, 0.717) is 27.7 Å². The molecule has 1 aromatic carbocycles. The minimum atomic E-state index is 0.301. The Morgan fingerprint density at radius 1 is 1.17 bits per heavy atom. The maximum atomic E-state index is 6.13. The van der Waals surface area contributed by atoms with E-state index >= 15 is 0 Å². The van der Waals surface area contributed by atoms with Crippen molar-refractivity contribution in [3.8, 4) is 0 Å². The van der Waals surface area contributed by atoms with Crippen LogP contribution in [0.25, 0.3) is 0 Å². The molecule has 0 saturated carbocycles. The summed E-state index contributed by atoms with van der Waals surface area (Å²) < 4.78 is 5.65. The first kappa shape index (κ1) is 14.4. The largest absolute Gasteiger partial charge is 0.377 e. The molecule has 100 valence electrons. The summed E-state index contributed by atoms with van der Waals surface area (Å²) in [6.45, 7) is 2.29. The molecule has 1 aliphatic heterocycles. The van der Waals surface area contributed by atoms with Crippen molar-refractivity contribution in [2.75, 3.05) is 13.2 Å². The van der Waals surface area contributed by atoms with Gasteiger partial charge in [-0.3, -0.25) is 0 Å². The smallest absolute Gasteiger partial charge is 0.0699 e. The SMILES string of the molecule is Clc1ccc(Cl)c(CNCC2CCCCO2)c1Cl. The summed E-state index contributed by atoms with van der Waals surface area (Å²) in [5, 5.41) is 5.03. The van der Waals surface area contributed by atoms with Gasteiger partial charge in [0.2, 0.25) is 0 Å². The molecule has 18 heavy (non-hydrogen) atoms. The van der Waals surface area contributed by atoms with Crippen LogP contribution >= 0.6 is 34.8 Å². The molecule has 1 fully saturated rings. The average molecular weight is 309 g/mol. The number of ether oxygens (including phenoxy) is 1. The first-order chi connectivity index (χ1) is 8.68. The lowest BCUT2D eigenvalue weighted by atomic mass is 10.1. The van der Waals surface area contributed by atoms with Crippen LogP contribution in [0, 0.1) is 0 Å². The zero-order valence-electron chi connectivity index (χ0n) is 10.0. The number of nitrogens with one attached hydrogen (secondary N) is 1. The predicted molar refractivity (Wildman–Crippen MR) is 76.8 cm³/mol. The number of hydrogen-bond donors (Lipinski definition) is 1. The van der Waals surface area contributed by atoms with Gasteiger partial charge in [0, 0.05) is 30.3 Å². The molecule has 2 nitrogen and oxygen atoms in total. The minimum Gasteiger partial charge on any atom is -0.377 e. The maximum Gasteiger partial charge on any atom is 0.0699 e. The first-order valence-corrected chi connectivity index (χ1v) is 7.26. The quantitative estimate of drug-likeness (QED) is 0.837. The maximum absolute atomic E-state index is 6.13. The molecule has 0 amide bonds. The summed E-state index contributed by atoms with van der Waals surface area (Å²) >= 11 is 18.2. The molecule has 1 unspecified atom stereocenters. The fourth-order valence-electron chi connectivity index (χ4n) is 2.06. The van der Waals surface area contributed by atoms with Crippen molar-refractivity contribution in [2.24, 2.45) is 0 Å². The summed E-state index contributed by atoms with van der Waals surface area (Å²) in [6, 6.07) is 3.48. The minimum absolute atomic E-state index is 0.301. The molecule has 5 heteroatoms. The van der Waals surface area contributed by atoms with Gasteiger partial charge < -0.3 is 10.1 Å². The van der Waals surface area contributed by atoms with Gasteiger partial charge >= 0.3 is 0 Å². The second-order valence-electron chi connectivity index (χ2n) is 4.44. The predicted octanol–water partition coefficient (Wildman–Crippen LogP) is 4.31. The lowest BCUT2D eigenvalue weighted by Gasteiger charge is -2.23. The van der Waals surface area contributed by atoms with Crippen LogP contribution in [0.3, 0.4) is 0 Å². The lowest BCUT2D eigenvalue weighted by molar-refractivity contribution is 0.0168. The standard InChI is InChI=1S/C13H16Cl3NO/c14-11-4-5-12(15)13(16)10(11)8-17-7-9-3-1-2-6-18-9/h4-5,9,17H,1-3,6-8H2. The number of benzene rings is 1. The number of halogens is 3. The fraction of sp³-hybridized carbons (Fsp3) is 0.538. The van der Waals surface area contributed by atoms with Gasteiger partial charge in [0.05, 0.1) is 16.1 Å². The average Bonchev–Trinajstić information content (AvgIpc) is 2.39. The third kappa shape index (κ3) is 3.75. The van der Waals surface area contributed by atoms with Crippen molar-refractivity contribution in [3.63, 3.8) is 0 Å². The summed E-state index contributed by atoms with van der Waals surface area (Å²) in [6.07, 6.45) is 3.83. The van der Waals surface area contributed by atoms with Gasteiger partial charge in [-0.1, -0.05) is 34.8 Å². The second kappa shape index (κ2) is 6.97. The van der Waals surface area contributed by atoms with Gasteiger partial charge in [0.1, 0.15) is 0 Å². The third-order valence-corrected chi connectivity index (χ3v) is 4.28. The molecule has 0 radical (unpaired) electrons. The molecule has 2 rings (SSSR count). The molecular weight excluding hydrogens is 293 g/mol. The highest BCUT2D eigenvalue weighted by molar-refractivity contribution is 6.44. The highest BCUT2D eigenvalue weighted by Gasteiger charge is 2.14. The van der Waals surface area contributed by atoms with E-state index in [-0.39, 0.29) is 0 Å². The van der Waals surface area contributed by atoms with Gasteiger partial charge in [-0.05, 0) is 31.4 Å². The Bertz CT molecular complexity index is 405. The lowest BCUT2D eigenvalue weighted by Crippen LogP contribution is -2.31. The zero-order valence-corrected chi connectivity index (χ0v) is 12.3. The summed E-state index contributed by atoms with van der Waals surface area (Å²) in [5.41, 5.74) is 0.849. The molecule has 0 bridgehead atoms. The van der Waals surface area contributed by atoms with Crippen LogP contribution in [-0.4, -0.2) is 19.3 Å². The topological polar surface area (TPSA) is 21.3 Å². The van der Waals surface area contributed by atoms with Crippen LogP contribution in [0.5, 0.6) is 0 Å². The summed E-state index contributed by atoms with van der Waals surface area (Å²) in [7, 11) is 0. The number of hydrogen-bond acceptors (Lipinski definition) is 2. The molecule has 0 aliphatic carbocycles. The summed E-state index contributed by atoms with van der Waals surface area (Å²) in [5.74, 6) is 0. The Morgan fingerprint density at radius 3 is 2.67 bits per heavy atom. The van der Waals surface area contributed by atoms with Crippen molar-refractivity contribution >= 4 is 34.8 Å². The highest BCUT2D eigenvalue weighted by atomic mass is 35.5. The van der Waals surface area contributed by atoms with Crippen molar-refractivity contribution < 1.29 is 4.74 Å². The van der Waals surface area contributed by atoms with Crippen LogP contribution in [0.4, 0.5) is 0 Å². The molecule has 1 aromatic rings. The molecule has 1 atom stereocenters. The molecule has 1 heterocycles. The van der Waals surface area contributed by atoms with E-state index in [4.69, 9.17) is 39.5 Å². The van der Waals surface area contributed by atoms with Gasteiger partial charge in [-0.15, -0.1) is 0 Å². The van der Waals surface area contributed by atoms with Crippen molar-refractivity contribution in [1.82, 2.24) is 5.32 Å². The van der Waals surface area contributed by atoms with E-state index in [2.05, 4.69) is 5.32 Å². The third-order valence-electron chi connectivity index (χ3n) is 3.09. The van der Waals surface area contributed by atoms with Gasteiger partial charge in [0.25, 0.3) is 0 Å². The van der Waals surface area contributed by atoms with E-state index < -0.39 is 0 Å². The monoisotopic (exact) mass is 307 g/mol. The molecular formula is C13H16Cl3NO. The van der Waals surface area contributed by atoms with Crippen molar-refractivity contribution in [1.29, 1.82) is 0 Å². The normalized spacial score (nSPS) is 20.1. The van der Waals surface area contributed by atoms with Gasteiger partial charge in [-0.2, -0.15) is 0 Å². The zero-order chi connectivity index (χ0) is 13.0. The Hall–Kier alpha value is 0.01000. The molecule has 1 saturated heterocycles. The Morgan fingerprint density at radius 2 is 1.94 bits per heavy atom. The molecule has 0 aromatic heterocycles. The Balaban J connectivity index is 1.88. The van der Waals surface area contributed by atoms with Crippen LogP contribution in [0.1, 0.15) is 24.8 Å². The fourth-order valence-corrected chi connectivity index (χ4v) is 2.74. The van der Waals surface area contributed by atoms with E-state index in [0.717, 1.165) is 25.1 Å². The van der Waals surface area contributed by atoms with E-state index in [9.17, 15) is 0 Å². The van der Waals surface area contributed by atoms with Crippen LogP contribution < -0.4 is 5.32 Å². The number of rotatable bonds is 4. The highest BCUT2D eigenvalue weighted by Crippen LogP contribution is 2.31. The molecule has 0 spiro atoms.